The van der Waals surface area contributed by atoms with E-state index in [4.69, 9.17) is 4.74 Å². The van der Waals surface area contributed by atoms with Crippen LogP contribution in [0.1, 0.15) is 22.9 Å². The Hall–Kier alpha value is -2.54. The highest BCUT2D eigenvalue weighted by atomic mass is 32.1. The van der Waals surface area contributed by atoms with Crippen LogP contribution >= 0.6 is 11.3 Å². The van der Waals surface area contributed by atoms with Gasteiger partial charge in [-0.25, -0.2) is 0 Å². The van der Waals surface area contributed by atoms with E-state index < -0.39 is 0 Å². The molecule has 1 unspecified atom stereocenters. The number of rotatable bonds is 6. The third-order valence-corrected chi connectivity index (χ3v) is 5.79. The molecule has 1 aliphatic heterocycles. The monoisotopic (exact) mass is 400 g/mol. The van der Waals surface area contributed by atoms with E-state index in [2.05, 4.69) is 27.1 Å². The summed E-state index contributed by atoms with van der Waals surface area (Å²) in [5.74, 6) is 1.57. The van der Waals surface area contributed by atoms with Crippen LogP contribution in [0.2, 0.25) is 0 Å². The van der Waals surface area contributed by atoms with Gasteiger partial charge in [0.25, 0.3) is 0 Å². The molecule has 1 aromatic carbocycles. The predicted molar refractivity (Wildman–Crippen MR) is 114 cm³/mol. The number of benzene rings is 1. The first kappa shape index (κ1) is 20.2. The van der Waals surface area contributed by atoms with Crippen molar-refractivity contribution in [3.63, 3.8) is 0 Å². The lowest BCUT2D eigenvalue weighted by Crippen LogP contribution is -2.47. The molecule has 1 aliphatic rings. The highest BCUT2D eigenvalue weighted by molar-refractivity contribution is 7.10. The number of carbonyl (C=O) groups excluding carboxylic acids is 1. The van der Waals surface area contributed by atoms with Crippen molar-refractivity contribution in [2.75, 3.05) is 26.7 Å². The molecule has 6 nitrogen and oxygen atoms in total. The number of thiophene rings is 1. The number of nitrogens with zero attached hydrogens (tertiary/aromatic N) is 2. The Balaban J connectivity index is 1.42. The molecule has 1 amide bonds. The number of guanidine groups is 1. The minimum absolute atomic E-state index is 0.0329. The van der Waals surface area contributed by atoms with Crippen LogP contribution in [0.5, 0.6) is 5.75 Å². The lowest BCUT2D eigenvalue weighted by Gasteiger charge is -2.27. The predicted octanol–water partition coefficient (Wildman–Crippen LogP) is 2.57. The maximum absolute atomic E-state index is 12.5. The quantitative estimate of drug-likeness (QED) is 0.578. The van der Waals surface area contributed by atoms with Gasteiger partial charge in [-0.3, -0.25) is 9.79 Å². The van der Waals surface area contributed by atoms with Crippen molar-refractivity contribution in [2.45, 2.75) is 32.9 Å². The van der Waals surface area contributed by atoms with Crippen molar-refractivity contribution in [3.8, 4) is 5.75 Å². The van der Waals surface area contributed by atoms with Crippen LogP contribution in [0.15, 0.2) is 40.7 Å². The van der Waals surface area contributed by atoms with E-state index >= 15 is 0 Å². The second-order valence-corrected chi connectivity index (χ2v) is 7.94. The first-order valence-electron chi connectivity index (χ1n) is 9.56. The Bertz CT molecular complexity index is 833. The Labute approximate surface area is 170 Å². The summed E-state index contributed by atoms with van der Waals surface area (Å²) in [6, 6.07) is 10.1. The van der Waals surface area contributed by atoms with Crippen LogP contribution in [0.3, 0.4) is 0 Å². The molecule has 0 bridgehead atoms. The maximum atomic E-state index is 12.5. The number of aliphatic imine (C=N–C) groups is 1. The molecule has 0 saturated heterocycles. The summed E-state index contributed by atoms with van der Waals surface area (Å²) in [7, 11) is 1.70. The number of carbonyl (C=O) groups is 1. The molecule has 2 aromatic rings. The molecule has 2 N–H and O–H groups in total. The van der Waals surface area contributed by atoms with E-state index in [1.165, 1.54) is 10.4 Å². The van der Waals surface area contributed by atoms with Gasteiger partial charge in [-0.05, 0) is 48.9 Å². The van der Waals surface area contributed by atoms with Crippen molar-refractivity contribution < 1.29 is 9.53 Å². The summed E-state index contributed by atoms with van der Waals surface area (Å²) in [6.45, 7) is 6.33. The molecule has 28 heavy (non-hydrogen) atoms. The third-order valence-electron chi connectivity index (χ3n) is 4.77. The van der Waals surface area contributed by atoms with Crippen molar-refractivity contribution in [2.24, 2.45) is 4.99 Å². The van der Waals surface area contributed by atoms with Crippen LogP contribution in [0.25, 0.3) is 0 Å². The van der Waals surface area contributed by atoms with Gasteiger partial charge in [0.2, 0.25) is 5.91 Å². The smallest absolute Gasteiger partial charge is 0.242 e. The zero-order valence-electron chi connectivity index (χ0n) is 16.7. The standard InChI is InChI=1S/C21H28N4O2S/c1-15-6-4-5-7-18(15)27-16(2)12-23-21(22-3)24-13-20(26)25-10-8-19-17(14-25)9-11-28-19/h4-7,9,11,16H,8,10,12-14H2,1-3H3,(H2,22,23,24). The summed E-state index contributed by atoms with van der Waals surface area (Å²) < 4.78 is 5.97. The first-order valence-corrected chi connectivity index (χ1v) is 10.4. The molecule has 3 rings (SSSR count). The molecule has 0 fully saturated rings. The minimum Gasteiger partial charge on any atom is -0.489 e. The van der Waals surface area contributed by atoms with E-state index in [9.17, 15) is 4.79 Å². The highest BCUT2D eigenvalue weighted by Gasteiger charge is 2.21. The van der Waals surface area contributed by atoms with Crippen molar-refractivity contribution >= 4 is 23.2 Å². The van der Waals surface area contributed by atoms with Crippen LogP contribution in [0, 0.1) is 6.92 Å². The van der Waals surface area contributed by atoms with Gasteiger partial charge in [0, 0.05) is 25.0 Å². The van der Waals surface area contributed by atoms with Crippen LogP contribution in [0.4, 0.5) is 0 Å². The fourth-order valence-corrected chi connectivity index (χ4v) is 4.03. The summed E-state index contributed by atoms with van der Waals surface area (Å²) in [5, 5.41) is 8.43. The van der Waals surface area contributed by atoms with E-state index in [1.54, 1.807) is 18.4 Å². The molecule has 1 aromatic heterocycles. The lowest BCUT2D eigenvalue weighted by molar-refractivity contribution is -0.130. The number of para-hydroxylation sites is 1. The average molecular weight is 401 g/mol. The van der Waals surface area contributed by atoms with Crippen molar-refractivity contribution in [1.29, 1.82) is 0 Å². The molecular formula is C21H28N4O2S. The summed E-state index contributed by atoms with van der Waals surface area (Å²) in [4.78, 5) is 20.0. The number of ether oxygens (including phenoxy) is 1. The highest BCUT2D eigenvalue weighted by Crippen LogP contribution is 2.23. The largest absolute Gasteiger partial charge is 0.489 e. The van der Waals surface area contributed by atoms with Gasteiger partial charge < -0.3 is 20.3 Å². The number of aryl methyl sites for hydroxylation is 1. The zero-order valence-corrected chi connectivity index (χ0v) is 17.5. The minimum atomic E-state index is -0.0329. The summed E-state index contributed by atoms with van der Waals surface area (Å²) in [6.07, 6.45) is 0.911. The SMILES string of the molecule is CN=C(NCC(=O)N1CCc2sccc2C1)NCC(C)Oc1ccccc1C. The Kier molecular flexibility index (Phi) is 6.92. The second kappa shape index (κ2) is 9.59. The topological polar surface area (TPSA) is 66.0 Å². The van der Waals surface area contributed by atoms with Gasteiger partial charge in [0.1, 0.15) is 11.9 Å². The van der Waals surface area contributed by atoms with Crippen LogP contribution < -0.4 is 15.4 Å². The van der Waals surface area contributed by atoms with Crippen LogP contribution in [-0.4, -0.2) is 49.6 Å². The van der Waals surface area contributed by atoms with Gasteiger partial charge in [-0.15, -0.1) is 11.3 Å². The Morgan fingerprint density at radius 2 is 2.14 bits per heavy atom. The van der Waals surface area contributed by atoms with E-state index in [0.29, 0.717) is 19.0 Å². The van der Waals surface area contributed by atoms with Crippen molar-refractivity contribution in [1.82, 2.24) is 15.5 Å². The molecule has 150 valence electrons. The fraction of sp³-hybridized carbons (Fsp3) is 0.429. The fourth-order valence-electron chi connectivity index (χ4n) is 3.14. The molecule has 0 aliphatic carbocycles. The van der Waals surface area contributed by atoms with Crippen LogP contribution in [-0.2, 0) is 17.8 Å². The number of fused-ring (bicyclic) bond motifs is 1. The van der Waals surface area contributed by atoms with Gasteiger partial charge in [0.05, 0.1) is 13.1 Å². The average Bonchev–Trinajstić information content (AvgIpc) is 3.17. The molecule has 2 heterocycles. The second-order valence-electron chi connectivity index (χ2n) is 6.93. The normalized spacial score (nSPS) is 15.0. The molecule has 0 spiro atoms. The first-order chi connectivity index (χ1) is 13.6. The number of nitrogens with one attached hydrogen (secondary N) is 2. The number of hydrogen-bond acceptors (Lipinski definition) is 4. The van der Waals surface area contributed by atoms with E-state index in [0.717, 1.165) is 24.3 Å². The number of amides is 1. The molecule has 0 radical (unpaired) electrons. The molecule has 7 heteroatoms. The Morgan fingerprint density at radius 3 is 2.93 bits per heavy atom. The molecule has 0 saturated carbocycles. The molecular weight excluding hydrogens is 372 g/mol. The summed E-state index contributed by atoms with van der Waals surface area (Å²) in [5.41, 5.74) is 2.38. The van der Waals surface area contributed by atoms with E-state index in [-0.39, 0.29) is 18.6 Å². The van der Waals surface area contributed by atoms with Gasteiger partial charge >= 0.3 is 0 Å². The lowest BCUT2D eigenvalue weighted by atomic mass is 10.1. The Morgan fingerprint density at radius 1 is 1.32 bits per heavy atom. The van der Waals surface area contributed by atoms with Gasteiger partial charge in [-0.2, -0.15) is 0 Å². The van der Waals surface area contributed by atoms with E-state index in [1.807, 2.05) is 43.0 Å². The van der Waals surface area contributed by atoms with Gasteiger partial charge in [-0.1, -0.05) is 18.2 Å². The summed E-state index contributed by atoms with van der Waals surface area (Å²) >= 11 is 1.78. The van der Waals surface area contributed by atoms with Gasteiger partial charge in [0.15, 0.2) is 5.96 Å². The third kappa shape index (κ3) is 5.25. The maximum Gasteiger partial charge on any atom is 0.242 e. The number of hydrogen-bond donors (Lipinski definition) is 2. The zero-order chi connectivity index (χ0) is 19.9. The van der Waals surface area contributed by atoms with Crippen molar-refractivity contribution in [3.05, 3.63) is 51.7 Å². The molecule has 1 atom stereocenters.